The molecule has 0 unspecified atom stereocenters. The molecule has 4 nitrogen and oxygen atoms in total. The van der Waals surface area contributed by atoms with Gasteiger partial charge in [-0.3, -0.25) is 4.79 Å². The largest absolute Gasteiger partial charge is 0.480 e. The summed E-state index contributed by atoms with van der Waals surface area (Å²) in [6.07, 6.45) is 2.36. The molecule has 2 aliphatic rings. The number of hydrogen-bond donors (Lipinski definition) is 1. The molecule has 0 aliphatic carbocycles. The van der Waals surface area contributed by atoms with E-state index in [0.29, 0.717) is 6.42 Å². The quantitative estimate of drug-likeness (QED) is 0.598. The van der Waals surface area contributed by atoms with Crippen LogP contribution in [0.4, 0.5) is 0 Å². The second kappa shape index (κ2) is 3.52. The highest BCUT2D eigenvalue weighted by Crippen LogP contribution is 2.53. The molecule has 2 heterocycles. The first-order chi connectivity index (χ1) is 7.40. The molecule has 0 saturated carbocycles. The van der Waals surface area contributed by atoms with E-state index >= 15 is 0 Å². The molecule has 1 amide bonds. The molecule has 0 aromatic carbocycles. The van der Waals surface area contributed by atoms with Crippen LogP contribution in [0.3, 0.4) is 0 Å². The first kappa shape index (κ1) is 11.5. The number of aliphatic carboxylic acids is 1. The van der Waals surface area contributed by atoms with E-state index in [1.54, 1.807) is 17.8 Å². The number of rotatable bonds is 3. The maximum absolute atomic E-state index is 11.8. The van der Waals surface area contributed by atoms with E-state index in [-0.39, 0.29) is 17.2 Å². The first-order valence-electron chi connectivity index (χ1n) is 5.24. The number of carbonyl (C=O) groups is 2. The number of carbonyl (C=O) groups excluding carboxylic acids is 1. The zero-order valence-electron chi connectivity index (χ0n) is 9.34. The van der Waals surface area contributed by atoms with E-state index in [9.17, 15) is 14.7 Å². The first-order valence-corrected chi connectivity index (χ1v) is 6.12. The van der Waals surface area contributed by atoms with Crippen LogP contribution < -0.4 is 0 Å². The van der Waals surface area contributed by atoms with Crippen LogP contribution in [-0.4, -0.2) is 38.0 Å². The van der Waals surface area contributed by atoms with Crippen molar-refractivity contribution in [3.05, 3.63) is 12.7 Å². The summed E-state index contributed by atoms with van der Waals surface area (Å²) in [5.74, 6) is -1.04. The molecule has 5 heteroatoms. The zero-order valence-corrected chi connectivity index (χ0v) is 10.2. The van der Waals surface area contributed by atoms with Gasteiger partial charge in [0, 0.05) is 4.75 Å². The number of nitrogens with zero attached hydrogens (tertiary/aromatic N) is 1. The number of fused-ring (bicyclic) bond motifs is 1. The molecule has 0 aromatic heterocycles. The van der Waals surface area contributed by atoms with Crippen LogP contribution in [0.25, 0.3) is 0 Å². The molecule has 2 saturated heterocycles. The van der Waals surface area contributed by atoms with E-state index in [1.165, 1.54) is 4.90 Å². The highest BCUT2D eigenvalue weighted by Gasteiger charge is 2.63. The van der Waals surface area contributed by atoms with Gasteiger partial charge in [0.2, 0.25) is 5.91 Å². The van der Waals surface area contributed by atoms with Crippen molar-refractivity contribution in [2.24, 2.45) is 5.92 Å². The molecule has 2 rings (SSSR count). The molecule has 2 aliphatic heterocycles. The van der Waals surface area contributed by atoms with Crippen LogP contribution in [0.1, 0.15) is 20.3 Å². The molecule has 2 fully saturated rings. The average Bonchev–Trinajstić information content (AvgIpc) is 2.43. The lowest BCUT2D eigenvalue weighted by molar-refractivity contribution is -0.163. The van der Waals surface area contributed by atoms with E-state index in [0.717, 1.165) is 0 Å². The van der Waals surface area contributed by atoms with Gasteiger partial charge in [0.15, 0.2) is 0 Å². The van der Waals surface area contributed by atoms with Gasteiger partial charge in [-0.2, -0.15) is 0 Å². The van der Waals surface area contributed by atoms with Gasteiger partial charge in [0.25, 0.3) is 0 Å². The van der Waals surface area contributed by atoms with Crippen molar-refractivity contribution in [3.63, 3.8) is 0 Å². The summed E-state index contributed by atoms with van der Waals surface area (Å²) in [5, 5.41) is 9.19. The zero-order chi connectivity index (χ0) is 12.1. The molecule has 0 radical (unpaired) electrons. The Hall–Kier alpha value is -0.970. The van der Waals surface area contributed by atoms with Crippen molar-refractivity contribution in [1.82, 2.24) is 4.90 Å². The predicted octanol–water partition coefficient (Wildman–Crippen LogP) is 1.33. The maximum atomic E-state index is 11.8. The lowest BCUT2D eigenvalue weighted by Crippen LogP contribution is -2.62. The minimum absolute atomic E-state index is 0.0154. The maximum Gasteiger partial charge on any atom is 0.327 e. The molecular formula is C11H15NO3S. The lowest BCUT2D eigenvalue weighted by Gasteiger charge is -2.43. The Kier molecular flexibility index (Phi) is 2.53. The van der Waals surface area contributed by atoms with Gasteiger partial charge in [-0.05, 0) is 20.3 Å². The number of allylic oxidation sites excluding steroid dienone is 1. The van der Waals surface area contributed by atoms with Crippen LogP contribution in [0, 0.1) is 5.92 Å². The molecule has 16 heavy (non-hydrogen) atoms. The summed E-state index contributed by atoms with van der Waals surface area (Å²) in [4.78, 5) is 24.5. The Bertz CT molecular complexity index is 366. The Balaban J connectivity index is 2.24. The second-order valence-electron chi connectivity index (χ2n) is 4.73. The number of hydrogen-bond acceptors (Lipinski definition) is 3. The van der Waals surface area contributed by atoms with E-state index < -0.39 is 16.8 Å². The Morgan fingerprint density at radius 3 is 2.81 bits per heavy atom. The molecular weight excluding hydrogens is 226 g/mol. The van der Waals surface area contributed by atoms with Crippen LogP contribution >= 0.6 is 11.8 Å². The van der Waals surface area contributed by atoms with Gasteiger partial charge in [-0.25, -0.2) is 4.79 Å². The van der Waals surface area contributed by atoms with Crippen molar-refractivity contribution >= 4 is 23.6 Å². The normalized spacial score (nSPS) is 35.5. The van der Waals surface area contributed by atoms with Crippen LogP contribution in [0.15, 0.2) is 12.7 Å². The third-order valence-corrected chi connectivity index (χ3v) is 4.83. The fourth-order valence-corrected chi connectivity index (χ4v) is 4.18. The number of carboxylic acid groups (broad SMARTS) is 1. The summed E-state index contributed by atoms with van der Waals surface area (Å²) < 4.78 is -0.415. The monoisotopic (exact) mass is 241 g/mol. The molecule has 88 valence electrons. The highest BCUT2D eigenvalue weighted by atomic mass is 32.2. The second-order valence-corrected chi connectivity index (χ2v) is 6.50. The fraction of sp³-hybridized carbons (Fsp3) is 0.636. The van der Waals surface area contributed by atoms with E-state index in [1.807, 2.05) is 13.8 Å². The number of carboxylic acids is 1. The van der Waals surface area contributed by atoms with Crippen molar-refractivity contribution in [3.8, 4) is 0 Å². The number of β-lactam (4-membered cyclic amide) rings is 1. The van der Waals surface area contributed by atoms with Gasteiger partial charge in [0.05, 0.1) is 11.3 Å². The molecule has 0 spiro atoms. The Morgan fingerprint density at radius 1 is 1.69 bits per heavy atom. The third-order valence-electron chi connectivity index (χ3n) is 3.21. The third kappa shape index (κ3) is 1.38. The van der Waals surface area contributed by atoms with Gasteiger partial charge in [-0.15, -0.1) is 18.3 Å². The van der Waals surface area contributed by atoms with Gasteiger partial charge in [-0.1, -0.05) is 6.08 Å². The van der Waals surface area contributed by atoms with E-state index in [2.05, 4.69) is 6.58 Å². The molecule has 0 aromatic rings. The summed E-state index contributed by atoms with van der Waals surface area (Å²) in [6.45, 7) is 7.39. The van der Waals surface area contributed by atoms with Crippen LogP contribution in [0.5, 0.6) is 0 Å². The highest BCUT2D eigenvalue weighted by molar-refractivity contribution is 8.01. The van der Waals surface area contributed by atoms with Gasteiger partial charge >= 0.3 is 5.97 Å². The molecule has 0 bridgehead atoms. The fourth-order valence-electron chi connectivity index (χ4n) is 2.49. The minimum Gasteiger partial charge on any atom is -0.480 e. The van der Waals surface area contributed by atoms with Gasteiger partial charge in [0.1, 0.15) is 6.04 Å². The van der Waals surface area contributed by atoms with Crippen molar-refractivity contribution in [2.45, 2.75) is 36.4 Å². The summed E-state index contributed by atoms with van der Waals surface area (Å²) in [5.41, 5.74) is 0. The minimum atomic E-state index is -0.912. The van der Waals surface area contributed by atoms with Crippen LogP contribution in [-0.2, 0) is 9.59 Å². The van der Waals surface area contributed by atoms with Crippen molar-refractivity contribution in [2.75, 3.05) is 0 Å². The topological polar surface area (TPSA) is 57.6 Å². The Labute approximate surface area is 98.7 Å². The Morgan fingerprint density at radius 2 is 2.31 bits per heavy atom. The predicted molar refractivity (Wildman–Crippen MR) is 62.0 cm³/mol. The summed E-state index contributed by atoms with van der Waals surface area (Å²) in [6, 6.07) is -0.698. The van der Waals surface area contributed by atoms with E-state index in [4.69, 9.17) is 0 Å². The summed E-state index contributed by atoms with van der Waals surface area (Å²) in [7, 11) is 0. The average molecular weight is 241 g/mol. The van der Waals surface area contributed by atoms with Crippen LogP contribution in [0.2, 0.25) is 0 Å². The van der Waals surface area contributed by atoms with Crippen molar-refractivity contribution < 1.29 is 14.7 Å². The molecule has 3 atom stereocenters. The lowest BCUT2D eigenvalue weighted by atomic mass is 9.90. The SMILES string of the molecule is C=CC[C@@H]1C(=O)N2[C@@H]1SC(C)(C)[C@@H]2C(=O)O. The smallest absolute Gasteiger partial charge is 0.327 e. The number of amides is 1. The standard InChI is InChI=1S/C11H15NO3S/c1-4-5-6-8(13)12-7(10(14)15)11(2,3)16-9(6)12/h4,6-7,9H,1,5H2,2-3H3,(H,14,15)/t6-,7+,9-/m1/s1. The number of thioether (sulfide) groups is 1. The van der Waals surface area contributed by atoms with Crippen molar-refractivity contribution in [1.29, 1.82) is 0 Å². The summed E-state index contributed by atoms with van der Waals surface area (Å²) >= 11 is 1.58. The van der Waals surface area contributed by atoms with Gasteiger partial charge < -0.3 is 10.0 Å². The molecule has 1 N–H and O–H groups in total.